The summed E-state index contributed by atoms with van der Waals surface area (Å²) in [5, 5.41) is 5.28. The molecular formula is C55H51NS. The van der Waals surface area contributed by atoms with E-state index in [1.807, 2.05) is 11.8 Å². The van der Waals surface area contributed by atoms with Crippen molar-refractivity contribution in [3.8, 4) is 0 Å². The van der Waals surface area contributed by atoms with Crippen LogP contribution in [0.15, 0.2) is 160 Å². The van der Waals surface area contributed by atoms with Crippen LogP contribution in [0.25, 0.3) is 21.5 Å². The zero-order chi connectivity index (χ0) is 38.7. The average molecular weight is 758 g/mol. The summed E-state index contributed by atoms with van der Waals surface area (Å²) < 4.78 is 0. The summed E-state index contributed by atoms with van der Waals surface area (Å²) in [5.74, 6) is 0.691. The third-order valence-electron chi connectivity index (χ3n) is 15.9. The van der Waals surface area contributed by atoms with Crippen LogP contribution in [-0.2, 0) is 21.7 Å². The Labute approximate surface area is 342 Å². The van der Waals surface area contributed by atoms with Gasteiger partial charge in [-0.1, -0.05) is 160 Å². The highest BCUT2D eigenvalue weighted by Gasteiger charge is 2.67. The minimum absolute atomic E-state index is 0.157. The van der Waals surface area contributed by atoms with Crippen LogP contribution in [0.4, 0.5) is 11.4 Å². The van der Waals surface area contributed by atoms with E-state index in [1.165, 1.54) is 108 Å². The van der Waals surface area contributed by atoms with Crippen molar-refractivity contribution in [2.45, 2.75) is 112 Å². The molecular weight excluding hydrogens is 707 g/mol. The minimum atomic E-state index is -0.474. The van der Waals surface area contributed by atoms with Crippen molar-refractivity contribution in [1.82, 2.24) is 0 Å². The zero-order valence-corrected chi connectivity index (χ0v) is 35.0. The number of fused-ring (bicyclic) bond motifs is 13. The summed E-state index contributed by atoms with van der Waals surface area (Å²) >= 11 is 2.01. The molecule has 282 valence electrons. The Balaban J connectivity index is 1.21. The fraction of sp³-hybridized carbons (Fsp3) is 0.309. The standard InChI is InChI=1S/C55H51NS/c1-51(2)41-20-12-13-21-42(41)54(5)46(51)32-53(4)49-50(54)55(6)43-22-14-15-23-45(43)57-47(55)33-52(49,3)44-29-27-35-18-10-11-19-40(35)48(44)56(53)39-28-26-37-30-36(24-25-38(37)31-39)34-16-8-7-9-17-34/h10-15,18-34H,7-9,16-17H2,1-6H3. The van der Waals surface area contributed by atoms with Crippen molar-refractivity contribution in [3.63, 3.8) is 0 Å². The highest BCUT2D eigenvalue weighted by atomic mass is 32.2. The number of rotatable bonds is 2. The van der Waals surface area contributed by atoms with E-state index in [-0.39, 0.29) is 21.7 Å². The molecule has 2 heteroatoms. The first kappa shape index (κ1) is 34.3. The number of anilines is 2. The highest BCUT2D eigenvalue weighted by Crippen LogP contribution is 2.74. The zero-order valence-electron chi connectivity index (χ0n) is 34.2. The van der Waals surface area contributed by atoms with E-state index in [4.69, 9.17) is 0 Å². The van der Waals surface area contributed by atoms with Crippen LogP contribution in [0, 0.1) is 0 Å². The van der Waals surface area contributed by atoms with Gasteiger partial charge in [0.2, 0.25) is 0 Å². The number of benzene rings is 6. The monoisotopic (exact) mass is 757 g/mol. The van der Waals surface area contributed by atoms with E-state index < -0.39 is 5.54 Å². The molecule has 1 nitrogen and oxygen atoms in total. The van der Waals surface area contributed by atoms with Crippen LogP contribution in [-0.4, -0.2) is 5.54 Å². The fourth-order valence-electron chi connectivity index (χ4n) is 13.5. The van der Waals surface area contributed by atoms with Gasteiger partial charge in [0.1, 0.15) is 0 Å². The van der Waals surface area contributed by atoms with Gasteiger partial charge in [-0.15, -0.1) is 0 Å². The van der Waals surface area contributed by atoms with Crippen LogP contribution in [0.5, 0.6) is 0 Å². The lowest BCUT2D eigenvalue weighted by Crippen LogP contribution is -2.61. The molecule has 1 fully saturated rings. The van der Waals surface area contributed by atoms with E-state index in [2.05, 4.69) is 180 Å². The molecule has 12 rings (SSSR count). The molecule has 0 amide bonds. The Bertz CT molecular complexity index is 2860. The summed E-state index contributed by atoms with van der Waals surface area (Å²) in [4.78, 5) is 5.66. The third-order valence-corrected chi connectivity index (χ3v) is 17.3. The van der Waals surface area contributed by atoms with Crippen LogP contribution < -0.4 is 4.90 Å². The van der Waals surface area contributed by atoms with E-state index in [0.29, 0.717) is 5.92 Å². The van der Waals surface area contributed by atoms with Gasteiger partial charge in [0.15, 0.2) is 0 Å². The maximum Gasteiger partial charge on any atom is 0.0836 e. The molecule has 6 aliphatic rings. The Morgan fingerprint density at radius 1 is 0.561 bits per heavy atom. The van der Waals surface area contributed by atoms with Gasteiger partial charge in [-0.2, -0.15) is 0 Å². The maximum absolute atomic E-state index is 2.79. The van der Waals surface area contributed by atoms with Crippen molar-refractivity contribution >= 4 is 44.7 Å². The molecule has 0 N–H and O–H groups in total. The molecule has 4 aliphatic carbocycles. The topological polar surface area (TPSA) is 3.24 Å². The number of allylic oxidation sites excluding steroid dienone is 4. The molecule has 2 aliphatic heterocycles. The molecule has 1 saturated carbocycles. The number of nitrogens with zero attached hydrogens (tertiary/aromatic N) is 1. The van der Waals surface area contributed by atoms with Gasteiger partial charge in [0, 0.05) is 42.5 Å². The van der Waals surface area contributed by atoms with Crippen LogP contribution in [0.3, 0.4) is 0 Å². The van der Waals surface area contributed by atoms with Crippen molar-refractivity contribution < 1.29 is 0 Å². The summed E-state index contributed by atoms with van der Waals surface area (Å²) in [5.41, 5.74) is 13.0. The Hall–Kier alpha value is -4.79. The van der Waals surface area contributed by atoms with E-state index >= 15 is 0 Å². The molecule has 0 aromatic heterocycles. The van der Waals surface area contributed by atoms with Crippen LogP contribution >= 0.6 is 11.8 Å². The maximum atomic E-state index is 2.79. The van der Waals surface area contributed by atoms with Gasteiger partial charge >= 0.3 is 0 Å². The molecule has 0 spiro atoms. The van der Waals surface area contributed by atoms with Gasteiger partial charge in [-0.25, -0.2) is 0 Å². The molecule has 6 aromatic carbocycles. The molecule has 2 heterocycles. The summed E-state index contributed by atoms with van der Waals surface area (Å²) in [6.07, 6.45) is 12.2. The van der Waals surface area contributed by atoms with Gasteiger partial charge in [-0.3, -0.25) is 0 Å². The van der Waals surface area contributed by atoms with Gasteiger partial charge in [0.05, 0.1) is 11.2 Å². The molecule has 0 radical (unpaired) electrons. The fourth-order valence-corrected chi connectivity index (χ4v) is 14.9. The summed E-state index contributed by atoms with van der Waals surface area (Å²) in [6, 6.07) is 47.4. The van der Waals surface area contributed by atoms with Gasteiger partial charge in [0.25, 0.3) is 0 Å². The van der Waals surface area contributed by atoms with Crippen molar-refractivity contribution in [2.24, 2.45) is 0 Å². The first-order chi connectivity index (χ1) is 27.5. The number of hydrogen-bond donors (Lipinski definition) is 0. The largest absolute Gasteiger partial charge is 0.327 e. The molecule has 6 aromatic rings. The van der Waals surface area contributed by atoms with Crippen molar-refractivity contribution in [1.29, 1.82) is 0 Å². The number of thioether (sulfide) groups is 1. The summed E-state index contributed by atoms with van der Waals surface area (Å²) in [6.45, 7) is 15.3. The average Bonchev–Trinajstić information content (AvgIpc) is 3.61. The number of hydrogen-bond acceptors (Lipinski definition) is 2. The molecule has 0 saturated heterocycles. The second kappa shape index (κ2) is 11.2. The highest BCUT2D eigenvalue weighted by molar-refractivity contribution is 8.03. The van der Waals surface area contributed by atoms with Crippen molar-refractivity contribution in [3.05, 3.63) is 183 Å². The Kier molecular flexibility index (Phi) is 6.75. The lowest BCUT2D eigenvalue weighted by molar-refractivity contribution is 0.396. The van der Waals surface area contributed by atoms with Gasteiger partial charge in [-0.05, 0) is 125 Å². The normalized spacial score (nSPS) is 29.3. The van der Waals surface area contributed by atoms with E-state index in [9.17, 15) is 0 Å². The predicted octanol–water partition coefficient (Wildman–Crippen LogP) is 14.7. The second-order valence-electron chi connectivity index (χ2n) is 19.3. The van der Waals surface area contributed by atoms with Crippen LogP contribution in [0.1, 0.15) is 107 Å². The molecule has 57 heavy (non-hydrogen) atoms. The first-order valence-electron chi connectivity index (χ1n) is 21.5. The Morgan fingerprint density at radius 3 is 2.07 bits per heavy atom. The lowest BCUT2D eigenvalue weighted by atomic mass is 9.46. The second-order valence-corrected chi connectivity index (χ2v) is 20.4. The molecule has 4 atom stereocenters. The molecule has 0 bridgehead atoms. The first-order valence-corrected chi connectivity index (χ1v) is 22.3. The molecule has 4 unspecified atom stereocenters. The van der Waals surface area contributed by atoms with Crippen LogP contribution in [0.2, 0.25) is 0 Å². The van der Waals surface area contributed by atoms with E-state index in [0.717, 1.165) is 0 Å². The van der Waals surface area contributed by atoms with Gasteiger partial charge < -0.3 is 4.90 Å². The van der Waals surface area contributed by atoms with E-state index in [1.54, 1.807) is 11.1 Å². The quantitative estimate of drug-likeness (QED) is 0.162. The predicted molar refractivity (Wildman–Crippen MR) is 241 cm³/mol. The third kappa shape index (κ3) is 4.13. The lowest BCUT2D eigenvalue weighted by Gasteiger charge is -2.63. The Morgan fingerprint density at radius 2 is 1.25 bits per heavy atom. The smallest absolute Gasteiger partial charge is 0.0836 e. The summed E-state index contributed by atoms with van der Waals surface area (Å²) in [7, 11) is 0. The van der Waals surface area contributed by atoms with Crippen molar-refractivity contribution in [2.75, 3.05) is 4.90 Å². The SMILES string of the molecule is CC1(C)C2=CC3(C)C4=C(C5(C)C(=CC4(C)c4ccc6ccccc6c4N3c3ccc4cc(C6CCCCC6)ccc4c3)Sc3ccccc35)C2(C)c2ccccc21. The minimum Gasteiger partial charge on any atom is -0.327 e.